The number of rotatable bonds is 4. The number of hydrogen-bond acceptors (Lipinski definition) is 4. The molecule has 2 aliphatic rings. The Morgan fingerprint density at radius 1 is 1.10 bits per heavy atom. The lowest BCUT2D eigenvalue weighted by Crippen LogP contribution is -2.50. The molecule has 2 N–H and O–H groups in total. The normalized spacial score (nSPS) is 23.7. The lowest BCUT2D eigenvalue weighted by molar-refractivity contribution is -0.140. The maximum absolute atomic E-state index is 14.0. The smallest absolute Gasteiger partial charge is 0.318 e. The minimum Gasteiger partial charge on any atom is -0.318 e. The number of hydrazine groups is 1. The molecule has 0 bridgehead atoms. The number of nitrogens with zero attached hydrogens (tertiary/aromatic N) is 2. The lowest BCUT2D eigenvalue weighted by Gasteiger charge is -2.22. The number of carbonyl (C=O) groups is 4. The molecular formula is C21H19FN4O4. The molecule has 2 aromatic carbocycles. The fourth-order valence-corrected chi connectivity index (χ4v) is 3.70. The summed E-state index contributed by atoms with van der Waals surface area (Å²) >= 11 is 0. The molecule has 5 amide bonds. The Hall–Kier alpha value is -3.75. The van der Waals surface area contributed by atoms with E-state index in [0.29, 0.717) is 10.6 Å². The van der Waals surface area contributed by atoms with Gasteiger partial charge in [0, 0.05) is 13.0 Å². The zero-order valence-electron chi connectivity index (χ0n) is 16.1. The van der Waals surface area contributed by atoms with Crippen LogP contribution in [0.2, 0.25) is 0 Å². The molecule has 2 atom stereocenters. The maximum Gasteiger partial charge on any atom is 0.344 e. The highest BCUT2D eigenvalue weighted by atomic mass is 19.1. The van der Waals surface area contributed by atoms with Crippen molar-refractivity contribution in [2.75, 3.05) is 11.4 Å². The Morgan fingerprint density at radius 2 is 1.77 bits per heavy atom. The van der Waals surface area contributed by atoms with Crippen LogP contribution in [0, 0.1) is 11.7 Å². The minimum absolute atomic E-state index is 0.0504. The van der Waals surface area contributed by atoms with Gasteiger partial charge in [-0.2, -0.15) is 5.01 Å². The predicted molar refractivity (Wildman–Crippen MR) is 104 cm³/mol. The number of benzene rings is 2. The molecule has 0 spiro atoms. The third-order valence-corrected chi connectivity index (χ3v) is 5.40. The van der Waals surface area contributed by atoms with Crippen molar-refractivity contribution in [3.63, 3.8) is 0 Å². The highest BCUT2D eigenvalue weighted by Gasteiger charge is 2.50. The van der Waals surface area contributed by atoms with E-state index in [2.05, 4.69) is 10.7 Å². The molecule has 9 heteroatoms. The standard InChI is InChI=1S/C21H19FN4O4/c1-21(14-7-3-2-4-8-14)19(29)26(20(30)23-21)24-18(28)13-11-17(27)25(12-13)16-10-6-5-9-15(16)22/h2-10,13H,11-12H2,1H3,(H,23,30)(H,24,28). The first-order valence-electron chi connectivity index (χ1n) is 9.39. The molecule has 8 nitrogen and oxygen atoms in total. The molecule has 2 aromatic rings. The summed E-state index contributed by atoms with van der Waals surface area (Å²) in [6.45, 7) is 1.50. The SMILES string of the molecule is CC1(c2ccccc2)NC(=O)N(NC(=O)C2CC(=O)N(c3ccccc3F)C2)C1=O. The van der Waals surface area contributed by atoms with Crippen LogP contribution in [0.1, 0.15) is 18.9 Å². The highest BCUT2D eigenvalue weighted by Crippen LogP contribution is 2.29. The van der Waals surface area contributed by atoms with Gasteiger partial charge in [0.1, 0.15) is 11.4 Å². The van der Waals surface area contributed by atoms with E-state index in [1.807, 2.05) is 0 Å². The second-order valence-electron chi connectivity index (χ2n) is 7.39. The van der Waals surface area contributed by atoms with Crippen LogP contribution in [0.4, 0.5) is 14.9 Å². The van der Waals surface area contributed by atoms with Gasteiger partial charge in [-0.3, -0.25) is 19.8 Å². The van der Waals surface area contributed by atoms with E-state index < -0.39 is 41.0 Å². The summed E-state index contributed by atoms with van der Waals surface area (Å²) < 4.78 is 14.0. The van der Waals surface area contributed by atoms with Crippen LogP contribution in [0.5, 0.6) is 0 Å². The second-order valence-corrected chi connectivity index (χ2v) is 7.39. The average molecular weight is 410 g/mol. The number of halogens is 1. The van der Waals surface area contributed by atoms with Crippen LogP contribution in [0.15, 0.2) is 54.6 Å². The minimum atomic E-state index is -1.32. The number of hydrogen-bond donors (Lipinski definition) is 2. The first-order valence-corrected chi connectivity index (χ1v) is 9.39. The molecule has 0 aliphatic carbocycles. The van der Waals surface area contributed by atoms with Crippen LogP contribution >= 0.6 is 0 Å². The van der Waals surface area contributed by atoms with Crippen LogP contribution in [-0.4, -0.2) is 35.3 Å². The molecule has 0 saturated carbocycles. The Kier molecular flexibility index (Phi) is 4.73. The van der Waals surface area contributed by atoms with E-state index >= 15 is 0 Å². The van der Waals surface area contributed by atoms with E-state index in [1.54, 1.807) is 43.3 Å². The molecule has 0 aromatic heterocycles. The molecule has 2 aliphatic heterocycles. The molecule has 2 fully saturated rings. The van der Waals surface area contributed by atoms with Gasteiger partial charge in [0.05, 0.1) is 11.6 Å². The Morgan fingerprint density at radius 3 is 2.47 bits per heavy atom. The van der Waals surface area contributed by atoms with Gasteiger partial charge in [-0.1, -0.05) is 42.5 Å². The Bertz CT molecular complexity index is 1040. The summed E-state index contributed by atoms with van der Waals surface area (Å²) in [6.07, 6.45) is -0.153. The van der Waals surface area contributed by atoms with Crippen molar-refractivity contribution in [1.82, 2.24) is 15.8 Å². The van der Waals surface area contributed by atoms with Crippen LogP contribution in [-0.2, 0) is 19.9 Å². The summed E-state index contributed by atoms with van der Waals surface area (Å²) in [4.78, 5) is 51.5. The topological polar surface area (TPSA) is 98.8 Å². The zero-order valence-corrected chi connectivity index (χ0v) is 16.1. The van der Waals surface area contributed by atoms with Gasteiger partial charge >= 0.3 is 6.03 Å². The number of imide groups is 1. The lowest BCUT2D eigenvalue weighted by atomic mass is 9.92. The van der Waals surface area contributed by atoms with Crippen molar-refractivity contribution >= 4 is 29.4 Å². The predicted octanol–water partition coefficient (Wildman–Crippen LogP) is 1.68. The summed E-state index contributed by atoms with van der Waals surface area (Å²) in [5.74, 6) is -3.11. The quantitative estimate of drug-likeness (QED) is 0.750. The zero-order chi connectivity index (χ0) is 21.5. The second kappa shape index (κ2) is 7.25. The molecule has 4 rings (SSSR count). The molecule has 154 valence electrons. The summed E-state index contributed by atoms with van der Waals surface area (Å²) in [5, 5.41) is 3.22. The van der Waals surface area contributed by atoms with Crippen LogP contribution in [0.25, 0.3) is 0 Å². The summed E-state index contributed by atoms with van der Waals surface area (Å²) in [6, 6.07) is 13.7. The fourth-order valence-electron chi connectivity index (χ4n) is 3.70. The van der Waals surface area contributed by atoms with E-state index in [4.69, 9.17) is 0 Å². The molecule has 2 saturated heterocycles. The van der Waals surface area contributed by atoms with Crippen molar-refractivity contribution in [1.29, 1.82) is 0 Å². The number of carbonyl (C=O) groups excluding carboxylic acids is 4. The Labute approximate surface area is 171 Å². The number of para-hydroxylation sites is 1. The molecule has 0 radical (unpaired) electrons. The number of nitrogens with one attached hydrogen (secondary N) is 2. The van der Waals surface area contributed by atoms with Crippen molar-refractivity contribution in [2.24, 2.45) is 5.92 Å². The molecule has 2 unspecified atom stereocenters. The van der Waals surface area contributed by atoms with Gasteiger partial charge in [0.15, 0.2) is 0 Å². The Balaban J connectivity index is 1.48. The molecular weight excluding hydrogens is 391 g/mol. The fraction of sp³-hybridized carbons (Fsp3) is 0.238. The first kappa shape index (κ1) is 19.6. The van der Waals surface area contributed by atoms with Gasteiger partial charge in [-0.05, 0) is 24.6 Å². The third kappa shape index (κ3) is 3.18. The maximum atomic E-state index is 14.0. The third-order valence-electron chi connectivity index (χ3n) is 5.40. The van der Waals surface area contributed by atoms with E-state index in [1.165, 1.54) is 23.1 Å². The van der Waals surface area contributed by atoms with Gasteiger partial charge < -0.3 is 10.2 Å². The van der Waals surface area contributed by atoms with Gasteiger partial charge in [-0.25, -0.2) is 9.18 Å². The van der Waals surface area contributed by atoms with Crippen molar-refractivity contribution in [2.45, 2.75) is 18.9 Å². The molecule has 30 heavy (non-hydrogen) atoms. The average Bonchev–Trinajstić information content (AvgIpc) is 3.22. The number of amides is 5. The summed E-state index contributed by atoms with van der Waals surface area (Å²) in [7, 11) is 0. The van der Waals surface area contributed by atoms with Crippen molar-refractivity contribution in [3.05, 3.63) is 66.0 Å². The van der Waals surface area contributed by atoms with E-state index in [-0.39, 0.29) is 18.7 Å². The largest absolute Gasteiger partial charge is 0.344 e. The van der Waals surface area contributed by atoms with Crippen LogP contribution in [0.3, 0.4) is 0 Å². The van der Waals surface area contributed by atoms with Crippen molar-refractivity contribution < 1.29 is 23.6 Å². The summed E-state index contributed by atoms with van der Waals surface area (Å²) in [5.41, 5.74) is 1.65. The van der Waals surface area contributed by atoms with Gasteiger partial charge in [0.25, 0.3) is 5.91 Å². The first-order chi connectivity index (χ1) is 14.3. The van der Waals surface area contributed by atoms with Gasteiger partial charge in [0.2, 0.25) is 11.8 Å². The van der Waals surface area contributed by atoms with Gasteiger partial charge in [-0.15, -0.1) is 0 Å². The highest BCUT2D eigenvalue weighted by molar-refractivity contribution is 6.08. The molecule has 2 heterocycles. The van der Waals surface area contributed by atoms with E-state index in [9.17, 15) is 23.6 Å². The van der Waals surface area contributed by atoms with Crippen LogP contribution < -0.4 is 15.6 Å². The van der Waals surface area contributed by atoms with Crippen molar-refractivity contribution in [3.8, 4) is 0 Å². The number of anilines is 1. The monoisotopic (exact) mass is 410 g/mol. The van der Waals surface area contributed by atoms with E-state index in [0.717, 1.165) is 0 Å². The number of urea groups is 1.